The van der Waals surface area contributed by atoms with Crippen LogP contribution in [0.25, 0.3) is 11.1 Å². The van der Waals surface area contributed by atoms with Crippen LogP contribution < -0.4 is 33.0 Å². The number of amides is 3. The van der Waals surface area contributed by atoms with Crippen LogP contribution in [0.5, 0.6) is 0 Å². The third-order valence-corrected chi connectivity index (χ3v) is 11.1. The molecule has 6 rings (SSSR count). The Kier molecular flexibility index (Phi) is 23.0. The third kappa shape index (κ3) is 17.2. The molecule has 66 heavy (non-hydrogen) atoms. The average Bonchev–Trinajstić information content (AvgIpc) is 3.86. The van der Waals surface area contributed by atoms with Crippen molar-refractivity contribution in [3.63, 3.8) is 0 Å². The molecular weight excluding hydrogens is 998 g/mol. The zero-order valence-corrected chi connectivity index (χ0v) is 40.7. The van der Waals surface area contributed by atoms with E-state index in [0.717, 1.165) is 42.6 Å². The van der Waals surface area contributed by atoms with E-state index >= 15 is 0 Å². The van der Waals surface area contributed by atoms with Gasteiger partial charge in [-0.2, -0.15) is 0 Å². The van der Waals surface area contributed by atoms with Gasteiger partial charge in [-0.3, -0.25) is 18.6 Å². The fourth-order valence-corrected chi connectivity index (χ4v) is 6.92. The molecule has 2 atom stereocenters. The smallest absolute Gasteiger partial charge is 0.488 e. The standard InChI is InChI=1S/C21H24F2N2O2.C15H23BFNO4.C11H11FINO2.ClH/c1-2-18-14-25(21(26)27-18)17-8-9-19(20(23)12-17)16-6-4-15(5-7-16)13-24-11-3-10-22;1-15(2,3)22-14(19)18(10-4-9-17)11-12-5-7-13(8-6-12)16(20)21;1-2-8-6-14(11(15)16-8)7-3-4-10(13)9(12)5-7;/h4-9,12,18,24H,2-3,10-11,13-14H2,1H3;5-8,20-21H,4,9-11H2,1-3H3;3-5,8H,2,6H2,1H3;1H/t18-;;8-;/m0.0./s1. The van der Waals surface area contributed by atoms with Gasteiger partial charge in [-0.1, -0.05) is 62.4 Å². The molecular formula is C47H59BClF4IN4O8. The van der Waals surface area contributed by atoms with Crippen LogP contribution in [0.1, 0.15) is 71.4 Å². The number of alkyl halides is 2. The van der Waals surface area contributed by atoms with Gasteiger partial charge in [0, 0.05) is 34.2 Å². The van der Waals surface area contributed by atoms with Crippen LogP contribution in [0.4, 0.5) is 43.3 Å². The molecule has 3 amide bonds. The Labute approximate surface area is 404 Å². The molecule has 0 aliphatic carbocycles. The SMILES string of the molecule is CC(C)(C)OC(=O)N(CCCF)Cc1ccc(B(O)O)cc1.CC[C@H]1CN(c2ccc(-c3ccc(C[NH2+]CCCF)cc3)c(F)c2)C(=O)O1.CC[C@H]1CN(c2ccc(I)c(F)c2)C(=O)O1.[Cl-]. The number of rotatable bonds is 16. The predicted octanol–water partition coefficient (Wildman–Crippen LogP) is 5.28. The largest absolute Gasteiger partial charge is 1.00 e. The molecule has 4 aromatic rings. The third-order valence-electron chi connectivity index (χ3n) is 10.2. The van der Waals surface area contributed by atoms with E-state index in [1.807, 2.05) is 60.7 Å². The van der Waals surface area contributed by atoms with Crippen LogP contribution in [0.15, 0.2) is 84.9 Å². The molecule has 12 nitrogen and oxygen atoms in total. The van der Waals surface area contributed by atoms with Crippen LogP contribution in [-0.4, -0.2) is 97.7 Å². The number of nitrogens with zero attached hydrogens (tertiary/aromatic N) is 3. The highest BCUT2D eigenvalue weighted by Crippen LogP contribution is 2.30. The minimum Gasteiger partial charge on any atom is -1.00 e. The van der Waals surface area contributed by atoms with Gasteiger partial charge in [-0.15, -0.1) is 0 Å². The van der Waals surface area contributed by atoms with Crippen molar-refractivity contribution in [2.45, 2.75) is 91.2 Å². The molecule has 360 valence electrons. The van der Waals surface area contributed by atoms with Crippen LogP contribution in [0, 0.1) is 15.2 Å². The highest BCUT2D eigenvalue weighted by Gasteiger charge is 2.32. The van der Waals surface area contributed by atoms with Crippen molar-refractivity contribution >= 4 is 64.8 Å². The second-order valence-electron chi connectivity index (χ2n) is 16.4. The van der Waals surface area contributed by atoms with E-state index < -0.39 is 37.7 Å². The van der Waals surface area contributed by atoms with Gasteiger partial charge in [0.15, 0.2) is 0 Å². The van der Waals surface area contributed by atoms with Gasteiger partial charge in [0.2, 0.25) is 0 Å². The van der Waals surface area contributed by atoms with Gasteiger partial charge in [0.05, 0.1) is 44.4 Å². The van der Waals surface area contributed by atoms with Crippen molar-refractivity contribution in [3.8, 4) is 11.1 Å². The minimum atomic E-state index is -1.53. The molecule has 2 aliphatic rings. The molecule has 19 heteroatoms. The van der Waals surface area contributed by atoms with E-state index in [9.17, 15) is 31.9 Å². The Morgan fingerprint density at radius 1 is 0.818 bits per heavy atom. The monoisotopic (exact) mass is 1060 g/mol. The predicted molar refractivity (Wildman–Crippen MR) is 251 cm³/mol. The Bertz CT molecular complexity index is 2160. The Morgan fingerprint density at radius 2 is 1.35 bits per heavy atom. The zero-order valence-electron chi connectivity index (χ0n) is 37.8. The lowest BCUT2D eigenvalue weighted by Crippen LogP contribution is -3.00. The maximum Gasteiger partial charge on any atom is 0.488 e. The first-order chi connectivity index (χ1) is 31.0. The Balaban J connectivity index is 0.000000269. The average molecular weight is 1060 g/mol. The maximum absolute atomic E-state index is 14.7. The summed E-state index contributed by atoms with van der Waals surface area (Å²) in [4.78, 5) is 40.0. The number of anilines is 2. The van der Waals surface area contributed by atoms with Gasteiger partial charge in [0.1, 0.15) is 36.0 Å². The summed E-state index contributed by atoms with van der Waals surface area (Å²) in [6, 6.07) is 23.8. The fraction of sp³-hybridized carbons (Fsp3) is 0.426. The van der Waals surface area contributed by atoms with Gasteiger partial charge >= 0.3 is 25.4 Å². The van der Waals surface area contributed by atoms with E-state index in [2.05, 4.69) is 5.32 Å². The lowest BCUT2D eigenvalue weighted by molar-refractivity contribution is -0.670. The van der Waals surface area contributed by atoms with Crippen molar-refractivity contribution in [3.05, 3.63) is 111 Å². The Hall–Kier alpha value is -4.63. The number of cyclic esters (lactones) is 2. The van der Waals surface area contributed by atoms with E-state index in [4.69, 9.17) is 24.3 Å². The molecule has 2 aliphatic heterocycles. The molecule has 2 heterocycles. The number of hydrogen-bond acceptors (Lipinski definition) is 8. The molecule has 0 aromatic heterocycles. The summed E-state index contributed by atoms with van der Waals surface area (Å²) in [6.07, 6.45) is 0.757. The van der Waals surface area contributed by atoms with Gasteiger partial charge < -0.3 is 46.9 Å². The molecule has 0 radical (unpaired) electrons. The van der Waals surface area contributed by atoms with E-state index in [1.165, 1.54) is 26.8 Å². The highest BCUT2D eigenvalue weighted by molar-refractivity contribution is 14.1. The Morgan fingerprint density at radius 3 is 1.82 bits per heavy atom. The molecule has 0 bridgehead atoms. The molecule has 4 N–H and O–H groups in total. The first kappa shape index (κ1) is 55.7. The topological polar surface area (TPSA) is 146 Å². The van der Waals surface area contributed by atoms with E-state index in [0.29, 0.717) is 45.5 Å². The van der Waals surface area contributed by atoms with Gasteiger partial charge in [-0.05, 0) is 116 Å². The second kappa shape index (κ2) is 27.3. The number of benzene rings is 4. The van der Waals surface area contributed by atoms with Gasteiger partial charge in [-0.25, -0.2) is 23.2 Å². The number of halogens is 6. The van der Waals surface area contributed by atoms with E-state index in [-0.39, 0.29) is 62.4 Å². The molecule has 4 aromatic carbocycles. The maximum atomic E-state index is 14.7. The van der Waals surface area contributed by atoms with Crippen LogP contribution in [-0.2, 0) is 27.3 Å². The summed E-state index contributed by atoms with van der Waals surface area (Å²) in [7, 11) is -1.53. The minimum absolute atomic E-state index is 0. The molecule has 0 spiro atoms. The van der Waals surface area contributed by atoms with Gasteiger partial charge in [0.25, 0.3) is 0 Å². The number of quaternary nitrogens is 1. The first-order valence-corrected chi connectivity index (χ1v) is 22.7. The number of carbonyl (C=O) groups excluding carboxylic acids is 3. The lowest BCUT2D eigenvalue weighted by atomic mass is 9.80. The summed E-state index contributed by atoms with van der Waals surface area (Å²) in [5.41, 5.74) is 4.00. The van der Waals surface area contributed by atoms with E-state index in [1.54, 1.807) is 69.3 Å². The normalized spacial score (nSPS) is 15.4. The van der Waals surface area contributed by atoms with Crippen molar-refractivity contribution < 1.29 is 73.9 Å². The summed E-state index contributed by atoms with van der Waals surface area (Å²) in [5.74, 6) is -0.687. The molecule has 2 fully saturated rings. The summed E-state index contributed by atoms with van der Waals surface area (Å²) >= 11 is 1.91. The quantitative estimate of drug-likeness (QED) is 0.0452. The second-order valence-corrected chi connectivity index (χ2v) is 17.6. The lowest BCUT2D eigenvalue weighted by Gasteiger charge is -2.27. The summed E-state index contributed by atoms with van der Waals surface area (Å²) < 4.78 is 68.7. The molecule has 2 saturated heterocycles. The van der Waals surface area contributed by atoms with Crippen LogP contribution >= 0.6 is 22.6 Å². The zero-order chi connectivity index (χ0) is 47.7. The first-order valence-electron chi connectivity index (χ1n) is 21.6. The number of hydrogen-bond donors (Lipinski definition) is 3. The van der Waals surface area contributed by atoms with Crippen molar-refractivity contribution in [2.75, 3.05) is 49.3 Å². The van der Waals surface area contributed by atoms with Crippen LogP contribution in [0.2, 0.25) is 0 Å². The number of carbonyl (C=O) groups is 3. The van der Waals surface area contributed by atoms with Crippen molar-refractivity contribution in [2.24, 2.45) is 0 Å². The van der Waals surface area contributed by atoms with Crippen LogP contribution in [0.3, 0.4) is 0 Å². The molecule has 0 unspecified atom stereocenters. The number of ether oxygens (including phenoxy) is 3. The van der Waals surface area contributed by atoms with Crippen molar-refractivity contribution in [1.29, 1.82) is 0 Å². The van der Waals surface area contributed by atoms with Crippen molar-refractivity contribution in [1.82, 2.24) is 4.90 Å². The summed E-state index contributed by atoms with van der Waals surface area (Å²) in [6.45, 7) is 11.4. The fourth-order valence-electron chi connectivity index (χ4n) is 6.59. The highest BCUT2D eigenvalue weighted by atomic mass is 127. The number of nitrogens with two attached hydrogens (primary N) is 1. The molecule has 0 saturated carbocycles. The summed E-state index contributed by atoms with van der Waals surface area (Å²) in [5, 5.41) is 20.2.